The zero-order valence-corrected chi connectivity index (χ0v) is 25.2. The fraction of sp³-hybridized carbons (Fsp3) is 0.353. The zero-order chi connectivity index (χ0) is 21.2. The number of fused-ring (bicyclic) bond motifs is 1. The number of alkyl halides is 2. The Balaban J connectivity index is 1.86. The van der Waals surface area contributed by atoms with E-state index in [1.54, 1.807) is 12.4 Å². The molecule has 3 N–H and O–H groups in total. The number of hydrogen-bond donors (Lipinski definition) is 3. The first-order chi connectivity index (χ1) is 13.6. The van der Waals surface area contributed by atoms with Gasteiger partial charge in [0.25, 0.3) is 0 Å². The fourth-order valence-electron chi connectivity index (χ4n) is 2.59. The Labute approximate surface area is 216 Å². The first-order valence-corrected chi connectivity index (χ1v) is 13.4. The Kier molecular flexibility index (Phi) is 7.57. The van der Waals surface area contributed by atoms with Gasteiger partial charge in [0.1, 0.15) is 0 Å². The summed E-state index contributed by atoms with van der Waals surface area (Å²) in [5.41, 5.74) is 0.619. The Hall–Kier alpha value is -0.358. The second-order valence-electron chi connectivity index (χ2n) is 6.64. The molecule has 0 radical (unpaired) electrons. The van der Waals surface area contributed by atoms with Crippen molar-refractivity contribution < 1.29 is 4.79 Å². The third-order valence-electron chi connectivity index (χ3n) is 4.39. The number of H-pyrrole nitrogens is 1. The maximum atomic E-state index is 12.8. The molecule has 3 rings (SSSR count). The van der Waals surface area contributed by atoms with Gasteiger partial charge in [-0.1, -0.05) is 11.6 Å². The van der Waals surface area contributed by atoms with Crippen LogP contribution in [-0.2, 0) is 4.79 Å². The topological polar surface area (TPSA) is 108 Å². The van der Waals surface area contributed by atoms with Crippen LogP contribution < -0.4 is 10.6 Å². The molecule has 0 aliphatic rings. The Morgan fingerprint density at radius 3 is 2.79 bits per heavy atom. The Morgan fingerprint density at radius 2 is 2.10 bits per heavy atom. The molecule has 0 saturated carbocycles. The van der Waals surface area contributed by atoms with E-state index in [-0.39, 0.29) is 4.89 Å². The van der Waals surface area contributed by atoms with E-state index in [2.05, 4.69) is 80.7 Å². The predicted molar refractivity (Wildman–Crippen MR) is 132 cm³/mol. The zero-order valence-electron chi connectivity index (χ0n) is 15.6. The van der Waals surface area contributed by atoms with E-state index in [1.165, 1.54) is 6.33 Å². The Morgan fingerprint density at radius 1 is 1.34 bits per heavy atom. The number of amides is 1. The van der Waals surface area contributed by atoms with Crippen molar-refractivity contribution in [3.63, 3.8) is 0 Å². The SMILES string of the molecule is CC[C@@](C)(Nc1ncnc(-c2c[nH]c3ncc(Cl)cc23)n1)C(=O)NC[C](I)(I)[Tl]. The number of halogens is 3. The summed E-state index contributed by atoms with van der Waals surface area (Å²) in [7, 11) is 0. The summed E-state index contributed by atoms with van der Waals surface area (Å²) in [6, 6.07) is 1.81. The maximum absolute atomic E-state index is 12.8. The molecule has 0 aromatic carbocycles. The standard InChI is InChI=1S/C17H17ClI2N7O.Tl/c1-3-17(2,15(28)23-7-12(19)20)27-16-25-8-24-14(26-16)11-6-22-13-10(11)4-9(18)5-21-13;/h4-6,8H,3,7H2,1-2H3,(H,21,22)(H,23,28)(H,24,25,26,27);/t17-;/m1./s1. The van der Waals surface area contributed by atoms with Gasteiger partial charge < -0.3 is 0 Å². The molecule has 1 atom stereocenters. The molecule has 0 fully saturated rings. The van der Waals surface area contributed by atoms with E-state index in [1.807, 2.05) is 19.9 Å². The van der Waals surface area contributed by atoms with Crippen LogP contribution in [0.3, 0.4) is 0 Å². The van der Waals surface area contributed by atoms with Gasteiger partial charge in [-0.25, -0.2) is 4.98 Å². The van der Waals surface area contributed by atoms with Crippen LogP contribution in [-0.4, -0.2) is 67.7 Å². The minimum atomic E-state index is -0.840. The molecule has 1 amide bonds. The molecule has 0 spiro atoms. The van der Waals surface area contributed by atoms with E-state index in [0.717, 1.165) is 36.7 Å². The van der Waals surface area contributed by atoms with Crippen LogP contribution in [0.2, 0.25) is 5.02 Å². The second-order valence-corrected chi connectivity index (χ2v) is 26.0. The summed E-state index contributed by atoms with van der Waals surface area (Å²) in [6.07, 6.45) is 5.36. The van der Waals surface area contributed by atoms with Crippen LogP contribution in [0.4, 0.5) is 5.95 Å². The van der Waals surface area contributed by atoms with Crippen LogP contribution in [0, 0.1) is 0 Å². The van der Waals surface area contributed by atoms with E-state index < -0.39 is 5.54 Å². The van der Waals surface area contributed by atoms with Crippen molar-refractivity contribution in [1.29, 1.82) is 0 Å². The first-order valence-electron chi connectivity index (χ1n) is 8.66. The third kappa shape index (κ3) is 5.87. The number of rotatable bonds is 7. The number of aromatic nitrogens is 5. The van der Waals surface area contributed by atoms with Crippen molar-refractivity contribution in [3.8, 4) is 11.4 Å². The molecule has 0 aliphatic carbocycles. The number of hydrogen-bond acceptors (Lipinski definition) is 6. The van der Waals surface area contributed by atoms with Gasteiger partial charge in [0.2, 0.25) is 0 Å². The number of pyridine rings is 1. The fourth-order valence-corrected chi connectivity index (χ4v) is 3.53. The molecule has 8 nitrogen and oxygen atoms in total. The van der Waals surface area contributed by atoms with Gasteiger partial charge >= 0.3 is 191 Å². The molecular weight excluding hydrogens is 812 g/mol. The molecule has 0 aliphatic heterocycles. The van der Waals surface area contributed by atoms with Crippen LogP contribution >= 0.6 is 56.8 Å². The van der Waals surface area contributed by atoms with E-state index >= 15 is 0 Å². The van der Waals surface area contributed by atoms with Gasteiger partial charge in [-0.3, -0.25) is 0 Å². The van der Waals surface area contributed by atoms with Crippen LogP contribution in [0.1, 0.15) is 20.3 Å². The monoisotopic (exact) mass is 829 g/mol. The van der Waals surface area contributed by atoms with Crippen molar-refractivity contribution >= 4 is 105 Å². The molecule has 3 aromatic rings. The predicted octanol–water partition coefficient (Wildman–Crippen LogP) is 3.46. The number of aromatic amines is 1. The minimum absolute atomic E-state index is 0.0802. The quantitative estimate of drug-likeness (QED) is 0.192. The molecule has 150 valence electrons. The summed E-state index contributed by atoms with van der Waals surface area (Å²) in [6.45, 7) is 4.42. The summed E-state index contributed by atoms with van der Waals surface area (Å²) in [4.78, 5) is 33.2. The van der Waals surface area contributed by atoms with Crippen molar-refractivity contribution in [2.75, 3.05) is 11.9 Å². The number of anilines is 1. The number of nitrogens with zero attached hydrogens (tertiary/aromatic N) is 4. The summed E-state index contributed by atoms with van der Waals surface area (Å²) < 4.78 is 0.102. The van der Waals surface area contributed by atoms with Crippen molar-refractivity contribution in [3.05, 3.63) is 29.8 Å². The van der Waals surface area contributed by atoms with E-state index in [0.29, 0.717) is 35.4 Å². The average Bonchev–Trinajstić information content (AvgIpc) is 3.08. The first kappa shape index (κ1) is 23.3. The number of carbonyl (C=O) groups excluding carboxylic acids is 1. The van der Waals surface area contributed by atoms with Crippen LogP contribution in [0.25, 0.3) is 22.4 Å². The third-order valence-corrected chi connectivity index (χ3v) is 6.15. The molecule has 3 heterocycles. The van der Waals surface area contributed by atoms with Crippen LogP contribution in [0.5, 0.6) is 0 Å². The molecule has 0 bridgehead atoms. The van der Waals surface area contributed by atoms with E-state index in [4.69, 9.17) is 11.6 Å². The molecule has 3 aromatic heterocycles. The summed E-state index contributed by atoms with van der Waals surface area (Å²) in [5.74, 6) is 0.723. The summed E-state index contributed by atoms with van der Waals surface area (Å²) >= 11 is 11.6. The van der Waals surface area contributed by atoms with E-state index in [9.17, 15) is 4.79 Å². The number of nitrogens with one attached hydrogen (secondary N) is 3. The van der Waals surface area contributed by atoms with Gasteiger partial charge in [0.15, 0.2) is 0 Å². The molecule has 0 saturated heterocycles. The average molecular weight is 829 g/mol. The summed E-state index contributed by atoms with van der Waals surface area (Å²) in [5, 5.41) is 7.57. The van der Waals surface area contributed by atoms with Gasteiger partial charge in [-0.15, -0.1) is 0 Å². The van der Waals surface area contributed by atoms with Crippen molar-refractivity contribution in [1.82, 2.24) is 30.2 Å². The van der Waals surface area contributed by atoms with Gasteiger partial charge in [-0.05, 0) is 0 Å². The van der Waals surface area contributed by atoms with Gasteiger partial charge in [0, 0.05) is 6.20 Å². The van der Waals surface area contributed by atoms with Gasteiger partial charge in [-0.2, -0.15) is 0 Å². The van der Waals surface area contributed by atoms with Crippen LogP contribution in [0.15, 0.2) is 24.8 Å². The molecular formula is C17H17ClI2N7OTl. The molecule has 29 heavy (non-hydrogen) atoms. The second kappa shape index (κ2) is 9.42. The molecule has 12 heteroatoms. The van der Waals surface area contributed by atoms with Crippen molar-refractivity contribution in [2.45, 2.75) is 24.8 Å². The Bertz CT molecular complexity index is 1040. The normalized spacial score (nSPS) is 13.8. The number of carbonyl (C=O) groups is 1. The van der Waals surface area contributed by atoms with Crippen molar-refractivity contribution in [2.24, 2.45) is 0 Å². The molecule has 0 unspecified atom stereocenters. The van der Waals surface area contributed by atoms with Gasteiger partial charge in [0.05, 0.1) is 5.02 Å².